The Kier molecular flexibility index (Phi) is 10.6. The molecule has 0 aromatic heterocycles. The lowest BCUT2D eigenvalue weighted by atomic mass is 10.1. The Labute approximate surface area is 280 Å². The van der Waals surface area contributed by atoms with Crippen molar-refractivity contribution in [1.29, 1.82) is 0 Å². The molecule has 5 rings (SSSR count). The molecule has 0 atom stereocenters. The molecule has 1 saturated heterocycles. The van der Waals surface area contributed by atoms with Gasteiger partial charge >= 0.3 is 0 Å². The van der Waals surface area contributed by atoms with Gasteiger partial charge in [0.25, 0.3) is 11.6 Å². The molecule has 0 saturated carbocycles. The normalized spacial score (nSPS) is 14.8. The summed E-state index contributed by atoms with van der Waals surface area (Å²) in [5, 5.41) is 11.6. The van der Waals surface area contributed by atoms with Crippen LogP contribution < -0.4 is 14.4 Å². The highest BCUT2D eigenvalue weighted by atomic mass is 127. The summed E-state index contributed by atoms with van der Waals surface area (Å²) >= 11 is 3.53. The number of aryl methyl sites for hydroxylation is 2. The van der Waals surface area contributed by atoms with Crippen molar-refractivity contribution < 1.29 is 19.2 Å². The van der Waals surface area contributed by atoms with E-state index in [1.165, 1.54) is 35.0 Å². The van der Waals surface area contributed by atoms with E-state index in [9.17, 15) is 14.9 Å². The average molecular weight is 734 g/mol. The molecule has 1 heterocycles. The van der Waals surface area contributed by atoms with E-state index in [1.54, 1.807) is 17.0 Å². The van der Waals surface area contributed by atoms with Crippen molar-refractivity contribution in [2.75, 3.05) is 11.5 Å². The van der Waals surface area contributed by atoms with Crippen LogP contribution in [0.3, 0.4) is 0 Å². The van der Waals surface area contributed by atoms with E-state index in [-0.39, 0.29) is 18.2 Å². The molecule has 230 valence electrons. The number of carbonyl (C=O) groups excluding carboxylic acids is 1. The first-order valence-corrected chi connectivity index (χ1v) is 16.5. The summed E-state index contributed by atoms with van der Waals surface area (Å²) in [4.78, 5) is 31.6. The highest BCUT2D eigenvalue weighted by Crippen LogP contribution is 2.40. The standard InChI is InChI=1S/C35H32IN3O5S/c1-4-23-7-13-27(14-8-23)37-35-38(28-15-9-24(5-2)10-16-28)34(40)32(45-35)21-26-19-30(36)33(31(20-26)43-6-3)44-22-25-11-17-29(18-12-25)39(41)42/h7-21H,4-6,22H2,1-3H3/b32-21-,37-35?. The minimum absolute atomic E-state index is 0.0270. The zero-order chi connectivity index (χ0) is 31.9. The third kappa shape index (κ3) is 7.74. The van der Waals surface area contributed by atoms with Crippen LogP contribution in [0, 0.1) is 13.7 Å². The fourth-order valence-electron chi connectivity index (χ4n) is 4.67. The van der Waals surface area contributed by atoms with Crippen LogP contribution in [0.1, 0.15) is 43.0 Å². The van der Waals surface area contributed by atoms with Crippen molar-refractivity contribution in [3.05, 3.63) is 126 Å². The number of non-ortho nitro benzene ring substituents is 1. The van der Waals surface area contributed by atoms with Gasteiger partial charge in [0.1, 0.15) is 6.61 Å². The van der Waals surface area contributed by atoms with Gasteiger partial charge < -0.3 is 9.47 Å². The number of hydrogen-bond donors (Lipinski definition) is 0. The summed E-state index contributed by atoms with van der Waals surface area (Å²) in [6, 6.07) is 26.1. The topological polar surface area (TPSA) is 94.3 Å². The largest absolute Gasteiger partial charge is 0.490 e. The Hall–Kier alpha value is -4.16. The van der Waals surface area contributed by atoms with Crippen LogP contribution in [-0.2, 0) is 24.2 Å². The number of ether oxygens (including phenoxy) is 2. The number of nitro groups is 1. The molecule has 0 aliphatic carbocycles. The summed E-state index contributed by atoms with van der Waals surface area (Å²) in [6.07, 6.45) is 3.71. The first kappa shape index (κ1) is 32.2. The van der Waals surface area contributed by atoms with Crippen LogP contribution in [0.15, 0.2) is 94.8 Å². The number of halogens is 1. The third-order valence-electron chi connectivity index (χ3n) is 7.14. The monoisotopic (exact) mass is 733 g/mol. The Morgan fingerprint density at radius 2 is 1.51 bits per heavy atom. The molecule has 0 spiro atoms. The summed E-state index contributed by atoms with van der Waals surface area (Å²) < 4.78 is 12.9. The van der Waals surface area contributed by atoms with E-state index >= 15 is 0 Å². The molecule has 0 N–H and O–H groups in total. The maximum Gasteiger partial charge on any atom is 0.271 e. The Morgan fingerprint density at radius 3 is 2.11 bits per heavy atom. The summed E-state index contributed by atoms with van der Waals surface area (Å²) in [5.74, 6) is 0.962. The first-order valence-electron chi connectivity index (χ1n) is 14.6. The van der Waals surface area contributed by atoms with Crippen LogP contribution in [0.25, 0.3) is 6.08 Å². The molecule has 1 amide bonds. The van der Waals surface area contributed by atoms with Crippen LogP contribution in [0.2, 0.25) is 0 Å². The lowest BCUT2D eigenvalue weighted by Crippen LogP contribution is -2.28. The van der Waals surface area contributed by atoms with Gasteiger partial charge in [-0.1, -0.05) is 38.1 Å². The molecule has 0 bridgehead atoms. The first-order chi connectivity index (χ1) is 21.8. The minimum Gasteiger partial charge on any atom is -0.490 e. The second kappa shape index (κ2) is 14.7. The summed E-state index contributed by atoms with van der Waals surface area (Å²) in [7, 11) is 0. The lowest BCUT2D eigenvalue weighted by molar-refractivity contribution is -0.384. The van der Waals surface area contributed by atoms with E-state index in [1.807, 2.05) is 61.5 Å². The highest BCUT2D eigenvalue weighted by molar-refractivity contribution is 14.1. The number of amides is 1. The van der Waals surface area contributed by atoms with Gasteiger partial charge in [-0.25, -0.2) is 4.99 Å². The van der Waals surface area contributed by atoms with E-state index in [2.05, 4.69) is 48.6 Å². The van der Waals surface area contributed by atoms with Gasteiger partial charge in [0.15, 0.2) is 16.7 Å². The van der Waals surface area contributed by atoms with Crippen molar-refractivity contribution in [3.8, 4) is 11.5 Å². The zero-order valence-electron chi connectivity index (χ0n) is 25.2. The number of amidine groups is 1. The van der Waals surface area contributed by atoms with Crippen molar-refractivity contribution >= 4 is 68.6 Å². The number of carbonyl (C=O) groups is 1. The maximum absolute atomic E-state index is 13.9. The van der Waals surface area contributed by atoms with Gasteiger partial charge in [-0.2, -0.15) is 0 Å². The lowest BCUT2D eigenvalue weighted by Gasteiger charge is -2.16. The molecular weight excluding hydrogens is 701 g/mol. The van der Waals surface area contributed by atoms with Gasteiger partial charge in [0.05, 0.1) is 31.4 Å². The number of hydrogen-bond acceptors (Lipinski definition) is 7. The molecule has 1 aliphatic heterocycles. The smallest absolute Gasteiger partial charge is 0.271 e. The van der Waals surface area contributed by atoms with Crippen molar-refractivity contribution in [1.82, 2.24) is 0 Å². The number of aliphatic imine (C=N–C) groups is 1. The van der Waals surface area contributed by atoms with Crippen molar-refractivity contribution in [2.45, 2.75) is 40.2 Å². The van der Waals surface area contributed by atoms with Crippen LogP contribution in [-0.4, -0.2) is 22.6 Å². The van der Waals surface area contributed by atoms with Gasteiger partial charge in [-0.05, 0) is 131 Å². The summed E-state index contributed by atoms with van der Waals surface area (Å²) in [6.45, 7) is 6.75. The number of rotatable bonds is 11. The Morgan fingerprint density at radius 1 is 0.889 bits per heavy atom. The Bertz CT molecular complexity index is 1750. The van der Waals surface area contributed by atoms with E-state index < -0.39 is 4.92 Å². The van der Waals surface area contributed by atoms with Gasteiger partial charge in [-0.3, -0.25) is 19.8 Å². The van der Waals surface area contributed by atoms with Crippen molar-refractivity contribution in [2.24, 2.45) is 4.99 Å². The second-order valence-corrected chi connectivity index (χ2v) is 12.3. The van der Waals surface area contributed by atoms with E-state index in [4.69, 9.17) is 14.5 Å². The zero-order valence-corrected chi connectivity index (χ0v) is 28.1. The van der Waals surface area contributed by atoms with E-state index in [0.717, 1.165) is 38.9 Å². The molecule has 45 heavy (non-hydrogen) atoms. The summed E-state index contributed by atoms with van der Waals surface area (Å²) in [5.41, 5.74) is 5.56. The maximum atomic E-state index is 13.9. The van der Waals surface area contributed by atoms with E-state index in [0.29, 0.717) is 28.2 Å². The number of benzene rings is 4. The molecule has 1 fully saturated rings. The predicted octanol–water partition coefficient (Wildman–Crippen LogP) is 9.11. The van der Waals surface area contributed by atoms with Crippen LogP contribution in [0.5, 0.6) is 11.5 Å². The van der Waals surface area contributed by atoms with Gasteiger partial charge in [-0.15, -0.1) is 0 Å². The fraction of sp³-hybridized carbons (Fsp3) is 0.200. The molecule has 4 aromatic carbocycles. The molecule has 0 unspecified atom stereocenters. The molecule has 10 heteroatoms. The van der Waals surface area contributed by atoms with Crippen molar-refractivity contribution in [3.63, 3.8) is 0 Å². The molecule has 8 nitrogen and oxygen atoms in total. The highest BCUT2D eigenvalue weighted by Gasteiger charge is 2.35. The fourth-order valence-corrected chi connectivity index (χ4v) is 6.45. The van der Waals surface area contributed by atoms with Crippen LogP contribution in [0.4, 0.5) is 17.1 Å². The molecule has 1 aliphatic rings. The number of thioether (sulfide) groups is 1. The third-order valence-corrected chi connectivity index (χ3v) is 8.91. The number of nitrogens with zero attached hydrogens (tertiary/aromatic N) is 3. The number of anilines is 1. The molecule has 4 aromatic rings. The predicted molar refractivity (Wildman–Crippen MR) is 190 cm³/mol. The second-order valence-electron chi connectivity index (χ2n) is 10.2. The average Bonchev–Trinajstić information content (AvgIpc) is 3.34. The van der Waals surface area contributed by atoms with Gasteiger partial charge in [0.2, 0.25) is 0 Å². The molecule has 0 radical (unpaired) electrons. The molecular formula is C35H32IN3O5S. The Balaban J connectivity index is 1.46. The SMILES string of the molecule is CCOc1cc(/C=C2\SC(=Nc3ccc(CC)cc3)N(c3ccc(CC)cc3)C2=O)cc(I)c1OCc1ccc([N+](=O)[O-])cc1. The quantitative estimate of drug-likeness (QED) is 0.0661. The minimum atomic E-state index is -0.429. The van der Waals surface area contributed by atoms with Gasteiger partial charge in [0, 0.05) is 12.1 Å². The number of nitro benzene ring substituents is 1. The van der Waals surface area contributed by atoms with Crippen LogP contribution >= 0.6 is 34.4 Å².